The lowest BCUT2D eigenvalue weighted by molar-refractivity contribution is 1.20. The molecule has 1 aliphatic carbocycles. The first-order valence-electron chi connectivity index (χ1n) is 16.7. The lowest BCUT2D eigenvalue weighted by Crippen LogP contribution is -2.12. The minimum atomic E-state index is 0.863. The molecule has 2 heterocycles. The van der Waals surface area contributed by atoms with Crippen LogP contribution < -0.4 is 4.90 Å². The summed E-state index contributed by atoms with van der Waals surface area (Å²) in [5.41, 5.74) is 13.1. The summed E-state index contributed by atoms with van der Waals surface area (Å²) in [6.07, 6.45) is 3.70. The molecule has 7 aromatic carbocycles. The van der Waals surface area contributed by atoms with Gasteiger partial charge in [-0.05, 0) is 97.1 Å². The standard InChI is InChI=1S/C46H29N3/c1-3-13-31(14-4-1)42-34-17-8-9-18-35(34)43(32-15-5-2-6-16-32)46-38-23-24-40(36-19-11-20-37(44(36)38)45(42)46)49(33-26-28-47-29-27-33)41-25-22-30-12-7-10-21-39(30)48-41/h1-29H. The molecule has 10 rings (SSSR count). The molecule has 0 radical (unpaired) electrons. The van der Waals surface area contributed by atoms with E-state index >= 15 is 0 Å². The van der Waals surface area contributed by atoms with E-state index in [1.807, 2.05) is 18.5 Å². The normalized spacial score (nSPS) is 11.7. The Morgan fingerprint density at radius 2 is 1.00 bits per heavy atom. The van der Waals surface area contributed by atoms with Crippen LogP contribution in [0.25, 0.3) is 77.0 Å². The highest BCUT2D eigenvalue weighted by atomic mass is 15.2. The molecule has 0 N–H and O–H groups in total. The SMILES string of the molecule is c1ccc(-c2c3c(c(-c4ccccc4)c4ccccc24)-c2ccc(N(c4ccncc4)c4ccc5ccccc5n4)c4cccc-3c24)cc1. The van der Waals surface area contributed by atoms with Gasteiger partial charge in [-0.3, -0.25) is 9.88 Å². The van der Waals surface area contributed by atoms with E-state index in [-0.39, 0.29) is 0 Å². The van der Waals surface area contributed by atoms with Crippen LogP contribution in [0.1, 0.15) is 0 Å². The van der Waals surface area contributed by atoms with Gasteiger partial charge in [0.1, 0.15) is 5.82 Å². The smallest absolute Gasteiger partial charge is 0.138 e. The third kappa shape index (κ3) is 4.23. The summed E-state index contributed by atoms with van der Waals surface area (Å²) in [5.74, 6) is 0.863. The highest BCUT2D eigenvalue weighted by molar-refractivity contribution is 6.29. The molecule has 2 aromatic heterocycles. The zero-order chi connectivity index (χ0) is 32.3. The summed E-state index contributed by atoms with van der Waals surface area (Å²) < 4.78 is 0. The molecule has 0 saturated carbocycles. The second kappa shape index (κ2) is 11.0. The first-order chi connectivity index (χ1) is 24.3. The lowest BCUT2D eigenvalue weighted by atomic mass is 9.82. The number of fused-ring (bicyclic) bond motifs is 5. The van der Waals surface area contributed by atoms with Crippen molar-refractivity contribution in [1.82, 2.24) is 9.97 Å². The minimum absolute atomic E-state index is 0.863. The maximum Gasteiger partial charge on any atom is 0.138 e. The molecule has 3 heteroatoms. The molecule has 0 amide bonds. The van der Waals surface area contributed by atoms with E-state index in [1.165, 1.54) is 66.1 Å². The second-order valence-electron chi connectivity index (χ2n) is 12.5. The molecule has 0 atom stereocenters. The summed E-state index contributed by atoms with van der Waals surface area (Å²) in [7, 11) is 0. The number of hydrogen-bond acceptors (Lipinski definition) is 3. The van der Waals surface area contributed by atoms with Crippen molar-refractivity contribution in [2.24, 2.45) is 0 Å². The van der Waals surface area contributed by atoms with E-state index in [2.05, 4.69) is 168 Å². The lowest BCUT2D eigenvalue weighted by Gasteiger charge is -2.26. The zero-order valence-corrected chi connectivity index (χ0v) is 26.6. The third-order valence-electron chi connectivity index (χ3n) is 9.87. The van der Waals surface area contributed by atoms with Crippen LogP contribution in [-0.2, 0) is 0 Å². The molecule has 0 spiro atoms. The van der Waals surface area contributed by atoms with E-state index in [0.717, 1.165) is 28.1 Å². The minimum Gasteiger partial charge on any atom is -0.294 e. The second-order valence-corrected chi connectivity index (χ2v) is 12.5. The molecule has 9 aromatic rings. The van der Waals surface area contributed by atoms with Gasteiger partial charge in [0.25, 0.3) is 0 Å². The van der Waals surface area contributed by atoms with Gasteiger partial charge in [-0.25, -0.2) is 4.98 Å². The van der Waals surface area contributed by atoms with Crippen molar-refractivity contribution in [3.63, 3.8) is 0 Å². The Balaban J connectivity index is 1.32. The number of aromatic nitrogens is 2. The van der Waals surface area contributed by atoms with Gasteiger partial charge in [-0.15, -0.1) is 0 Å². The maximum absolute atomic E-state index is 5.19. The van der Waals surface area contributed by atoms with Gasteiger partial charge in [-0.2, -0.15) is 0 Å². The molecule has 0 saturated heterocycles. The van der Waals surface area contributed by atoms with Gasteiger partial charge in [0, 0.05) is 23.2 Å². The van der Waals surface area contributed by atoms with Crippen molar-refractivity contribution in [2.75, 3.05) is 4.90 Å². The van der Waals surface area contributed by atoms with Crippen LogP contribution in [0.4, 0.5) is 17.2 Å². The van der Waals surface area contributed by atoms with Gasteiger partial charge in [-0.1, -0.05) is 127 Å². The topological polar surface area (TPSA) is 29.0 Å². The Bertz CT molecular complexity index is 2610. The Kier molecular flexibility index (Phi) is 6.18. The molecule has 0 fully saturated rings. The number of nitrogens with zero attached hydrogens (tertiary/aromatic N) is 3. The Morgan fingerprint density at radius 1 is 0.408 bits per heavy atom. The third-order valence-corrected chi connectivity index (χ3v) is 9.87. The highest BCUT2D eigenvalue weighted by Crippen LogP contribution is 2.59. The zero-order valence-electron chi connectivity index (χ0n) is 26.6. The number of hydrogen-bond donors (Lipinski definition) is 0. The molecule has 228 valence electrons. The first kappa shape index (κ1) is 27.5. The van der Waals surface area contributed by atoms with E-state index in [1.54, 1.807) is 0 Å². The summed E-state index contributed by atoms with van der Waals surface area (Å²) >= 11 is 0. The van der Waals surface area contributed by atoms with Crippen molar-refractivity contribution in [3.8, 4) is 44.5 Å². The Morgan fingerprint density at radius 3 is 1.69 bits per heavy atom. The van der Waals surface area contributed by atoms with Gasteiger partial charge in [0.15, 0.2) is 0 Å². The summed E-state index contributed by atoms with van der Waals surface area (Å²) in [6.45, 7) is 0. The largest absolute Gasteiger partial charge is 0.294 e. The van der Waals surface area contributed by atoms with Crippen molar-refractivity contribution in [1.29, 1.82) is 0 Å². The number of anilines is 3. The molecule has 49 heavy (non-hydrogen) atoms. The van der Waals surface area contributed by atoms with E-state index in [0.29, 0.717) is 0 Å². The van der Waals surface area contributed by atoms with Crippen molar-refractivity contribution < 1.29 is 0 Å². The average Bonchev–Trinajstić information content (AvgIpc) is 3.50. The Hall–Kier alpha value is -6.58. The quantitative estimate of drug-likeness (QED) is 0.191. The summed E-state index contributed by atoms with van der Waals surface area (Å²) in [5, 5.41) is 6.08. The molecule has 0 unspecified atom stereocenters. The van der Waals surface area contributed by atoms with Crippen molar-refractivity contribution in [2.45, 2.75) is 0 Å². The number of rotatable bonds is 5. The fraction of sp³-hybridized carbons (Fsp3) is 0. The van der Waals surface area contributed by atoms with Gasteiger partial charge in [0.2, 0.25) is 0 Å². The monoisotopic (exact) mass is 623 g/mol. The summed E-state index contributed by atoms with van der Waals surface area (Å²) in [6, 6.07) is 58.7. The number of benzene rings is 7. The van der Waals surface area contributed by atoms with E-state index < -0.39 is 0 Å². The van der Waals surface area contributed by atoms with Crippen molar-refractivity contribution >= 4 is 49.6 Å². The molecule has 1 aliphatic rings. The average molecular weight is 624 g/mol. The van der Waals surface area contributed by atoms with Crippen LogP contribution in [0.15, 0.2) is 176 Å². The van der Waals surface area contributed by atoms with Crippen LogP contribution in [0, 0.1) is 0 Å². The molecule has 3 nitrogen and oxygen atoms in total. The van der Waals surface area contributed by atoms with Crippen LogP contribution in [0.2, 0.25) is 0 Å². The predicted molar refractivity (Wildman–Crippen MR) is 205 cm³/mol. The number of pyridine rings is 2. The van der Waals surface area contributed by atoms with Crippen LogP contribution in [-0.4, -0.2) is 9.97 Å². The fourth-order valence-corrected chi connectivity index (χ4v) is 7.86. The summed E-state index contributed by atoms with van der Waals surface area (Å²) in [4.78, 5) is 11.8. The van der Waals surface area contributed by atoms with Gasteiger partial charge < -0.3 is 0 Å². The molecular formula is C46H29N3. The molecule has 0 aliphatic heterocycles. The van der Waals surface area contributed by atoms with E-state index in [4.69, 9.17) is 4.98 Å². The van der Waals surface area contributed by atoms with Crippen LogP contribution in [0.5, 0.6) is 0 Å². The van der Waals surface area contributed by atoms with Crippen molar-refractivity contribution in [3.05, 3.63) is 176 Å². The molecule has 0 bridgehead atoms. The van der Waals surface area contributed by atoms with Crippen LogP contribution >= 0.6 is 0 Å². The maximum atomic E-state index is 5.19. The van der Waals surface area contributed by atoms with Crippen LogP contribution in [0.3, 0.4) is 0 Å². The first-order valence-corrected chi connectivity index (χ1v) is 16.7. The Labute approximate surface area is 284 Å². The van der Waals surface area contributed by atoms with Gasteiger partial charge >= 0.3 is 0 Å². The number of para-hydroxylation sites is 1. The predicted octanol–water partition coefficient (Wildman–Crippen LogP) is 12.4. The fourth-order valence-electron chi connectivity index (χ4n) is 7.86. The highest BCUT2D eigenvalue weighted by Gasteiger charge is 2.32. The van der Waals surface area contributed by atoms with E-state index in [9.17, 15) is 0 Å². The molecular weight excluding hydrogens is 595 g/mol. The van der Waals surface area contributed by atoms with Gasteiger partial charge in [0.05, 0.1) is 16.9 Å².